The first-order valence-corrected chi connectivity index (χ1v) is 5.41. The molecule has 0 aliphatic heterocycles. The maximum absolute atomic E-state index is 6.00. The lowest BCUT2D eigenvalue weighted by Gasteiger charge is -2.03. The average Bonchev–Trinajstić information content (AvgIpc) is 2.39. The third-order valence-electron chi connectivity index (χ3n) is 2.50. The van der Waals surface area contributed by atoms with Crippen LogP contribution < -0.4 is 5.73 Å². The summed E-state index contributed by atoms with van der Waals surface area (Å²) in [6, 6.07) is 15.6. The van der Waals surface area contributed by atoms with E-state index < -0.39 is 0 Å². The standard InChI is InChI=1S/C15H14N2/c1-2-12-7-6-8-13(15(12)16)11-17-14-9-4-3-5-10-14/h2-11H,1,16H2. The predicted octanol–water partition coefficient (Wildman–Crippen LogP) is 3.66. The van der Waals surface area contributed by atoms with Gasteiger partial charge in [-0.25, -0.2) is 0 Å². The number of para-hydroxylation sites is 2. The topological polar surface area (TPSA) is 38.4 Å². The molecule has 0 radical (unpaired) electrons. The lowest BCUT2D eigenvalue weighted by molar-refractivity contribution is 1.52. The molecule has 0 fully saturated rings. The predicted molar refractivity (Wildman–Crippen MR) is 74.6 cm³/mol. The zero-order valence-corrected chi connectivity index (χ0v) is 9.51. The molecule has 2 N–H and O–H groups in total. The summed E-state index contributed by atoms with van der Waals surface area (Å²) in [5, 5.41) is 0. The molecule has 0 atom stereocenters. The molecule has 0 aromatic heterocycles. The van der Waals surface area contributed by atoms with Gasteiger partial charge in [0, 0.05) is 17.5 Å². The largest absolute Gasteiger partial charge is 0.398 e. The zero-order chi connectivity index (χ0) is 12.1. The Morgan fingerprint density at radius 1 is 0.941 bits per heavy atom. The molecule has 2 aromatic carbocycles. The number of nitrogens with zero attached hydrogens (tertiary/aromatic N) is 1. The molecule has 2 nitrogen and oxygen atoms in total. The van der Waals surface area contributed by atoms with Crippen molar-refractivity contribution < 1.29 is 0 Å². The van der Waals surface area contributed by atoms with Crippen molar-refractivity contribution in [2.75, 3.05) is 5.73 Å². The zero-order valence-electron chi connectivity index (χ0n) is 9.51. The number of rotatable bonds is 3. The second kappa shape index (κ2) is 5.12. The van der Waals surface area contributed by atoms with Crippen molar-refractivity contribution in [3.8, 4) is 0 Å². The van der Waals surface area contributed by atoms with Crippen molar-refractivity contribution >= 4 is 23.7 Å². The molecule has 0 aliphatic carbocycles. The Labute approximate surface area is 101 Å². The van der Waals surface area contributed by atoms with E-state index in [2.05, 4.69) is 11.6 Å². The molecule has 0 bridgehead atoms. The van der Waals surface area contributed by atoms with Crippen LogP contribution in [0.2, 0.25) is 0 Å². The van der Waals surface area contributed by atoms with Gasteiger partial charge in [-0.3, -0.25) is 4.99 Å². The van der Waals surface area contributed by atoms with Crippen LogP contribution in [0.1, 0.15) is 11.1 Å². The molecule has 0 saturated heterocycles. The normalized spacial score (nSPS) is 10.6. The number of hydrogen-bond donors (Lipinski definition) is 1. The summed E-state index contributed by atoms with van der Waals surface area (Å²) in [6.07, 6.45) is 3.52. The molecule has 0 spiro atoms. The van der Waals surface area contributed by atoms with E-state index in [-0.39, 0.29) is 0 Å². The van der Waals surface area contributed by atoms with Gasteiger partial charge in [0.05, 0.1) is 5.69 Å². The second-order valence-electron chi connectivity index (χ2n) is 3.65. The van der Waals surface area contributed by atoms with Gasteiger partial charge >= 0.3 is 0 Å². The minimum Gasteiger partial charge on any atom is -0.398 e. The van der Waals surface area contributed by atoms with Crippen molar-refractivity contribution in [2.45, 2.75) is 0 Å². The fourth-order valence-electron chi connectivity index (χ4n) is 1.55. The van der Waals surface area contributed by atoms with Gasteiger partial charge in [-0.15, -0.1) is 0 Å². The van der Waals surface area contributed by atoms with Gasteiger partial charge in [0.1, 0.15) is 0 Å². The molecule has 0 aliphatic rings. The molecule has 0 saturated carbocycles. The summed E-state index contributed by atoms with van der Waals surface area (Å²) >= 11 is 0. The van der Waals surface area contributed by atoms with Gasteiger partial charge in [-0.05, 0) is 17.7 Å². The SMILES string of the molecule is C=Cc1cccc(C=Nc2ccccc2)c1N. The summed E-state index contributed by atoms with van der Waals surface area (Å²) in [4.78, 5) is 4.37. The minimum atomic E-state index is 0.710. The van der Waals surface area contributed by atoms with Crippen LogP contribution in [0.3, 0.4) is 0 Å². The number of aliphatic imine (C=N–C) groups is 1. The van der Waals surface area contributed by atoms with E-state index in [0.717, 1.165) is 16.8 Å². The van der Waals surface area contributed by atoms with Crippen LogP contribution >= 0.6 is 0 Å². The van der Waals surface area contributed by atoms with Crippen LogP contribution in [0.5, 0.6) is 0 Å². The Bertz CT molecular complexity index is 542. The van der Waals surface area contributed by atoms with Crippen LogP contribution in [0.25, 0.3) is 6.08 Å². The molecule has 0 unspecified atom stereocenters. The highest BCUT2D eigenvalue weighted by molar-refractivity contribution is 5.91. The Morgan fingerprint density at radius 3 is 2.35 bits per heavy atom. The van der Waals surface area contributed by atoms with Crippen LogP contribution in [0.15, 0.2) is 60.1 Å². The highest BCUT2D eigenvalue weighted by Crippen LogP contribution is 2.18. The lowest BCUT2D eigenvalue weighted by Crippen LogP contribution is -1.95. The van der Waals surface area contributed by atoms with Crippen LogP contribution in [-0.4, -0.2) is 6.21 Å². The van der Waals surface area contributed by atoms with Crippen LogP contribution in [0, 0.1) is 0 Å². The van der Waals surface area contributed by atoms with Gasteiger partial charge in [0.25, 0.3) is 0 Å². The number of nitrogen functional groups attached to an aromatic ring is 1. The van der Waals surface area contributed by atoms with E-state index in [1.807, 2.05) is 48.5 Å². The third kappa shape index (κ3) is 2.61. The number of anilines is 1. The van der Waals surface area contributed by atoms with E-state index in [4.69, 9.17) is 5.73 Å². The summed E-state index contributed by atoms with van der Waals surface area (Å²) in [5.41, 5.74) is 9.46. The number of nitrogens with two attached hydrogens (primary N) is 1. The van der Waals surface area contributed by atoms with Gasteiger partial charge in [0.2, 0.25) is 0 Å². The van der Waals surface area contributed by atoms with Gasteiger partial charge in [-0.1, -0.05) is 49.1 Å². The van der Waals surface area contributed by atoms with Crippen LogP contribution in [0.4, 0.5) is 11.4 Å². The first-order valence-electron chi connectivity index (χ1n) is 5.41. The fourth-order valence-corrected chi connectivity index (χ4v) is 1.55. The van der Waals surface area contributed by atoms with Crippen molar-refractivity contribution in [3.63, 3.8) is 0 Å². The summed E-state index contributed by atoms with van der Waals surface area (Å²) in [7, 11) is 0. The van der Waals surface area contributed by atoms with Gasteiger partial charge in [-0.2, -0.15) is 0 Å². The number of hydrogen-bond acceptors (Lipinski definition) is 2. The molecule has 2 heteroatoms. The van der Waals surface area contributed by atoms with E-state index >= 15 is 0 Å². The Morgan fingerprint density at radius 2 is 1.65 bits per heavy atom. The quantitative estimate of drug-likeness (QED) is 0.624. The summed E-state index contributed by atoms with van der Waals surface area (Å²) in [5.74, 6) is 0. The molecule has 0 amide bonds. The van der Waals surface area contributed by atoms with Crippen LogP contribution in [-0.2, 0) is 0 Å². The summed E-state index contributed by atoms with van der Waals surface area (Å²) in [6.45, 7) is 3.73. The van der Waals surface area contributed by atoms with E-state index in [9.17, 15) is 0 Å². The molecule has 0 heterocycles. The average molecular weight is 222 g/mol. The summed E-state index contributed by atoms with van der Waals surface area (Å²) < 4.78 is 0. The maximum atomic E-state index is 6.00. The van der Waals surface area contributed by atoms with Crippen molar-refractivity contribution in [2.24, 2.45) is 4.99 Å². The van der Waals surface area contributed by atoms with E-state index in [0.29, 0.717) is 5.69 Å². The fraction of sp³-hybridized carbons (Fsp3) is 0. The molecular weight excluding hydrogens is 208 g/mol. The highest BCUT2D eigenvalue weighted by Gasteiger charge is 1.99. The molecular formula is C15H14N2. The molecule has 2 aromatic rings. The Balaban J connectivity index is 2.31. The first-order chi connectivity index (χ1) is 8.31. The smallest absolute Gasteiger partial charge is 0.0629 e. The second-order valence-corrected chi connectivity index (χ2v) is 3.65. The molecule has 84 valence electrons. The Hall–Kier alpha value is -2.35. The third-order valence-corrected chi connectivity index (χ3v) is 2.50. The first kappa shape index (κ1) is 11.1. The van der Waals surface area contributed by atoms with Crippen molar-refractivity contribution in [3.05, 3.63) is 66.2 Å². The van der Waals surface area contributed by atoms with Crippen molar-refractivity contribution in [1.29, 1.82) is 0 Å². The lowest BCUT2D eigenvalue weighted by atomic mass is 10.1. The monoisotopic (exact) mass is 222 g/mol. The van der Waals surface area contributed by atoms with Gasteiger partial charge < -0.3 is 5.73 Å². The maximum Gasteiger partial charge on any atom is 0.0629 e. The Kier molecular flexibility index (Phi) is 3.36. The number of benzene rings is 2. The highest BCUT2D eigenvalue weighted by atomic mass is 14.7. The van der Waals surface area contributed by atoms with Gasteiger partial charge in [0.15, 0.2) is 0 Å². The van der Waals surface area contributed by atoms with E-state index in [1.54, 1.807) is 12.3 Å². The molecule has 2 rings (SSSR count). The van der Waals surface area contributed by atoms with Crippen molar-refractivity contribution in [1.82, 2.24) is 0 Å². The molecule has 17 heavy (non-hydrogen) atoms. The van der Waals surface area contributed by atoms with E-state index in [1.165, 1.54) is 0 Å². The minimum absolute atomic E-state index is 0.710.